The lowest BCUT2D eigenvalue weighted by molar-refractivity contribution is 0.622. The third-order valence-corrected chi connectivity index (χ3v) is 3.37. The van der Waals surface area contributed by atoms with E-state index >= 15 is 0 Å². The minimum atomic E-state index is -0.367. The highest BCUT2D eigenvalue weighted by atomic mass is 79.9. The van der Waals surface area contributed by atoms with Crippen molar-refractivity contribution >= 4 is 32.9 Å². The number of nitrogen functional groups attached to an aromatic ring is 1. The number of nitrogens with two attached hydrogens (primary N) is 1. The molecule has 8 heteroatoms. The summed E-state index contributed by atoms with van der Waals surface area (Å²) < 4.78 is 17.2. The van der Waals surface area contributed by atoms with Crippen LogP contribution in [0.15, 0.2) is 22.9 Å². The van der Waals surface area contributed by atoms with Gasteiger partial charge in [-0.2, -0.15) is 5.10 Å². The number of nitrogens with zero attached hydrogens (tertiary/aromatic N) is 5. The number of aromatic nitrogens is 5. The van der Waals surface area contributed by atoms with Gasteiger partial charge in [-0.1, -0.05) is 0 Å². The first kappa shape index (κ1) is 12.1. The number of hydrogen-bond acceptors (Lipinski definition) is 4. The van der Waals surface area contributed by atoms with Crippen LogP contribution < -0.4 is 5.73 Å². The maximum absolute atomic E-state index is 13.5. The molecule has 98 valence electrons. The molecular weight excluding hydrogens is 315 g/mol. The molecule has 0 aliphatic carbocycles. The van der Waals surface area contributed by atoms with Crippen molar-refractivity contribution in [2.24, 2.45) is 7.05 Å². The zero-order chi connectivity index (χ0) is 13.6. The van der Waals surface area contributed by atoms with Gasteiger partial charge in [-0.05, 0) is 22.0 Å². The van der Waals surface area contributed by atoms with Crippen molar-refractivity contribution in [3.05, 3.63) is 34.6 Å². The van der Waals surface area contributed by atoms with E-state index < -0.39 is 0 Å². The standard InChI is InChI=1S/C11H10BrFN6/c1-18-5-15-10(17-18)4-19-9-2-6(12)7(13)3-8(9)16-11(19)14/h2-3,5H,4H2,1H3,(H2,14,16). The second-order valence-electron chi connectivity index (χ2n) is 4.15. The van der Waals surface area contributed by atoms with Gasteiger partial charge in [0.2, 0.25) is 5.95 Å². The van der Waals surface area contributed by atoms with E-state index in [1.165, 1.54) is 6.07 Å². The highest BCUT2D eigenvalue weighted by Crippen LogP contribution is 2.25. The van der Waals surface area contributed by atoms with Crippen LogP contribution in [0.2, 0.25) is 0 Å². The van der Waals surface area contributed by atoms with Gasteiger partial charge in [0.15, 0.2) is 5.82 Å². The number of halogens is 2. The number of anilines is 1. The molecule has 6 nitrogen and oxygen atoms in total. The molecule has 0 saturated heterocycles. The summed E-state index contributed by atoms with van der Waals surface area (Å²) in [6.07, 6.45) is 1.61. The quantitative estimate of drug-likeness (QED) is 0.778. The fourth-order valence-corrected chi connectivity index (χ4v) is 2.23. The van der Waals surface area contributed by atoms with Crippen LogP contribution in [0.3, 0.4) is 0 Å². The Labute approximate surface area is 116 Å². The van der Waals surface area contributed by atoms with E-state index in [1.807, 2.05) is 0 Å². The van der Waals surface area contributed by atoms with Crippen molar-refractivity contribution < 1.29 is 4.39 Å². The van der Waals surface area contributed by atoms with Crippen molar-refractivity contribution in [1.82, 2.24) is 24.3 Å². The Kier molecular flexibility index (Phi) is 2.74. The van der Waals surface area contributed by atoms with Crippen LogP contribution in [-0.4, -0.2) is 24.3 Å². The molecule has 0 unspecified atom stereocenters. The van der Waals surface area contributed by atoms with Gasteiger partial charge in [-0.25, -0.2) is 14.4 Å². The van der Waals surface area contributed by atoms with Crippen LogP contribution in [-0.2, 0) is 13.6 Å². The number of rotatable bonds is 2. The van der Waals surface area contributed by atoms with Crippen LogP contribution in [0, 0.1) is 5.82 Å². The number of imidazole rings is 1. The van der Waals surface area contributed by atoms with Gasteiger partial charge < -0.3 is 10.3 Å². The average Bonchev–Trinajstić information content (AvgIpc) is 2.87. The van der Waals surface area contributed by atoms with E-state index in [0.717, 1.165) is 5.52 Å². The zero-order valence-electron chi connectivity index (χ0n) is 10.0. The molecule has 3 rings (SSSR count). The van der Waals surface area contributed by atoms with Gasteiger partial charge in [-0.15, -0.1) is 0 Å². The molecule has 0 aliphatic rings. The molecule has 0 aliphatic heterocycles. The van der Waals surface area contributed by atoms with Gasteiger partial charge in [0, 0.05) is 13.1 Å². The monoisotopic (exact) mass is 324 g/mol. The molecule has 19 heavy (non-hydrogen) atoms. The molecule has 0 amide bonds. The predicted octanol–water partition coefficient (Wildman–Crippen LogP) is 1.70. The van der Waals surface area contributed by atoms with E-state index in [4.69, 9.17) is 5.73 Å². The minimum absolute atomic E-state index is 0.306. The van der Waals surface area contributed by atoms with E-state index in [0.29, 0.717) is 28.3 Å². The smallest absolute Gasteiger partial charge is 0.201 e. The van der Waals surface area contributed by atoms with Gasteiger partial charge in [-0.3, -0.25) is 4.68 Å². The van der Waals surface area contributed by atoms with Crippen LogP contribution >= 0.6 is 15.9 Å². The Bertz CT molecular complexity index is 762. The number of benzene rings is 1. The SMILES string of the molecule is Cn1cnc(Cn2c(N)nc3cc(F)c(Br)cc32)n1. The van der Waals surface area contributed by atoms with Crippen molar-refractivity contribution in [1.29, 1.82) is 0 Å². The maximum Gasteiger partial charge on any atom is 0.201 e. The second kappa shape index (κ2) is 4.30. The lowest BCUT2D eigenvalue weighted by Crippen LogP contribution is -2.06. The molecule has 2 heterocycles. The number of aryl methyl sites for hydroxylation is 1. The van der Waals surface area contributed by atoms with Crippen molar-refractivity contribution in [3.8, 4) is 0 Å². The minimum Gasteiger partial charge on any atom is -0.369 e. The summed E-state index contributed by atoms with van der Waals surface area (Å²) in [4.78, 5) is 8.28. The Morgan fingerprint density at radius 2 is 2.21 bits per heavy atom. The largest absolute Gasteiger partial charge is 0.369 e. The molecule has 2 aromatic heterocycles. The van der Waals surface area contributed by atoms with Gasteiger partial charge in [0.05, 0.1) is 22.1 Å². The Hall–Kier alpha value is -1.96. The van der Waals surface area contributed by atoms with Gasteiger partial charge in [0.1, 0.15) is 12.1 Å². The highest BCUT2D eigenvalue weighted by molar-refractivity contribution is 9.10. The third kappa shape index (κ3) is 2.07. The van der Waals surface area contributed by atoms with Crippen LogP contribution in [0.25, 0.3) is 11.0 Å². The van der Waals surface area contributed by atoms with Crippen molar-refractivity contribution in [2.45, 2.75) is 6.54 Å². The molecule has 0 saturated carbocycles. The predicted molar refractivity (Wildman–Crippen MR) is 71.9 cm³/mol. The summed E-state index contributed by atoms with van der Waals surface area (Å²) in [5, 5.41) is 4.19. The molecule has 2 N–H and O–H groups in total. The molecule has 0 bridgehead atoms. The molecule has 0 radical (unpaired) electrons. The Morgan fingerprint density at radius 1 is 1.42 bits per heavy atom. The highest BCUT2D eigenvalue weighted by Gasteiger charge is 2.13. The molecule has 3 aromatic rings. The first-order valence-corrected chi connectivity index (χ1v) is 6.29. The van der Waals surface area contributed by atoms with E-state index in [1.54, 1.807) is 28.7 Å². The summed E-state index contributed by atoms with van der Waals surface area (Å²) >= 11 is 3.16. The van der Waals surface area contributed by atoms with E-state index in [9.17, 15) is 4.39 Å². The molecule has 0 fully saturated rings. The molecule has 0 spiro atoms. The van der Waals surface area contributed by atoms with E-state index in [2.05, 4.69) is 31.0 Å². The van der Waals surface area contributed by atoms with Gasteiger partial charge in [0.25, 0.3) is 0 Å². The summed E-state index contributed by atoms with van der Waals surface area (Å²) in [5.41, 5.74) is 7.10. The average molecular weight is 325 g/mol. The maximum atomic E-state index is 13.5. The van der Waals surface area contributed by atoms with Crippen LogP contribution in [0.1, 0.15) is 5.82 Å². The molecule has 1 aromatic carbocycles. The third-order valence-electron chi connectivity index (χ3n) is 2.77. The molecular formula is C11H10BrFN6. The van der Waals surface area contributed by atoms with Gasteiger partial charge >= 0.3 is 0 Å². The van der Waals surface area contributed by atoms with Crippen LogP contribution in [0.5, 0.6) is 0 Å². The Balaban J connectivity index is 2.12. The zero-order valence-corrected chi connectivity index (χ0v) is 11.6. The summed E-state index contributed by atoms with van der Waals surface area (Å²) in [7, 11) is 1.79. The lowest BCUT2D eigenvalue weighted by atomic mass is 10.3. The number of hydrogen-bond donors (Lipinski definition) is 1. The first-order chi connectivity index (χ1) is 9.04. The van der Waals surface area contributed by atoms with E-state index in [-0.39, 0.29) is 5.82 Å². The molecule has 0 atom stereocenters. The Morgan fingerprint density at radius 3 is 2.89 bits per heavy atom. The summed E-state index contributed by atoms with van der Waals surface area (Å²) in [6.45, 7) is 0.390. The van der Waals surface area contributed by atoms with Crippen molar-refractivity contribution in [3.63, 3.8) is 0 Å². The topological polar surface area (TPSA) is 74.5 Å². The summed E-state index contributed by atoms with van der Waals surface area (Å²) in [6, 6.07) is 3.00. The van der Waals surface area contributed by atoms with Crippen LogP contribution in [0.4, 0.5) is 10.3 Å². The second-order valence-corrected chi connectivity index (χ2v) is 5.00. The lowest BCUT2D eigenvalue weighted by Gasteiger charge is -2.03. The normalized spacial score (nSPS) is 11.3. The first-order valence-electron chi connectivity index (χ1n) is 5.50. The summed E-state index contributed by atoms with van der Waals surface area (Å²) in [5.74, 6) is 0.557. The van der Waals surface area contributed by atoms with Crippen molar-refractivity contribution in [2.75, 3.05) is 5.73 Å². The number of fused-ring (bicyclic) bond motifs is 1. The fourth-order valence-electron chi connectivity index (χ4n) is 1.90. The fraction of sp³-hybridized carbons (Fsp3) is 0.182.